The molecule has 0 atom stereocenters. The van der Waals surface area contributed by atoms with Gasteiger partial charge in [-0.05, 0) is 48.0 Å². The van der Waals surface area contributed by atoms with E-state index in [1.54, 1.807) is 0 Å². The highest BCUT2D eigenvalue weighted by atomic mass is 19.1. The Morgan fingerprint density at radius 2 is 1.70 bits per heavy atom. The fourth-order valence-corrected chi connectivity index (χ4v) is 2.23. The number of hydrogen-bond donors (Lipinski definition) is 1. The van der Waals surface area contributed by atoms with Crippen LogP contribution in [0.5, 0.6) is 0 Å². The van der Waals surface area contributed by atoms with Crippen molar-refractivity contribution in [1.82, 2.24) is 5.32 Å². The van der Waals surface area contributed by atoms with Crippen LogP contribution in [0.3, 0.4) is 0 Å². The van der Waals surface area contributed by atoms with Gasteiger partial charge in [0.1, 0.15) is 17.2 Å². The highest BCUT2D eigenvalue weighted by Crippen LogP contribution is 2.18. The molecular formula is C17H11F2NO3. The molecule has 6 heteroatoms. The van der Waals surface area contributed by atoms with Gasteiger partial charge in [0.25, 0.3) is 5.91 Å². The largest absolute Gasteiger partial charge is 0.423 e. The van der Waals surface area contributed by atoms with E-state index in [9.17, 15) is 18.4 Å². The fraction of sp³-hybridized carbons (Fsp3) is 0.0588. The lowest BCUT2D eigenvalue weighted by molar-refractivity contribution is 0.0951. The Hall–Kier alpha value is -3.02. The summed E-state index contributed by atoms with van der Waals surface area (Å²) in [5.41, 5.74) is 0.371. The van der Waals surface area contributed by atoms with Gasteiger partial charge in [-0.1, -0.05) is 0 Å². The molecule has 0 radical (unpaired) electrons. The molecule has 1 heterocycles. The summed E-state index contributed by atoms with van der Waals surface area (Å²) in [7, 11) is 0. The average Bonchev–Trinajstić information content (AvgIpc) is 2.53. The molecule has 0 bridgehead atoms. The minimum atomic E-state index is -0.588. The Balaban J connectivity index is 1.86. The summed E-state index contributed by atoms with van der Waals surface area (Å²) in [6.45, 7) is 0.0156. The molecule has 0 spiro atoms. The van der Waals surface area contributed by atoms with Crippen molar-refractivity contribution in [3.63, 3.8) is 0 Å². The zero-order valence-electron chi connectivity index (χ0n) is 11.8. The van der Waals surface area contributed by atoms with Crippen molar-refractivity contribution < 1.29 is 18.0 Å². The molecule has 0 fully saturated rings. The van der Waals surface area contributed by atoms with Crippen molar-refractivity contribution in [2.24, 2.45) is 0 Å². The summed E-state index contributed by atoms with van der Waals surface area (Å²) in [5, 5.41) is 3.02. The third-order valence-electron chi connectivity index (χ3n) is 3.34. The number of fused-ring (bicyclic) bond motifs is 1. The zero-order valence-corrected chi connectivity index (χ0v) is 11.8. The first kappa shape index (κ1) is 14.9. The van der Waals surface area contributed by atoms with Crippen LogP contribution < -0.4 is 10.9 Å². The highest BCUT2D eigenvalue weighted by Gasteiger charge is 2.10. The second kappa shape index (κ2) is 6.00. The van der Waals surface area contributed by atoms with E-state index in [-0.39, 0.29) is 17.7 Å². The molecule has 1 N–H and O–H groups in total. The van der Waals surface area contributed by atoms with Crippen LogP contribution in [0, 0.1) is 11.6 Å². The van der Waals surface area contributed by atoms with E-state index < -0.39 is 23.2 Å². The maximum Gasteiger partial charge on any atom is 0.336 e. The lowest BCUT2D eigenvalue weighted by Crippen LogP contribution is -2.23. The number of nitrogens with one attached hydrogen (secondary N) is 1. The number of benzene rings is 2. The van der Waals surface area contributed by atoms with Crippen molar-refractivity contribution >= 4 is 16.9 Å². The maximum atomic E-state index is 13.4. The first-order chi connectivity index (χ1) is 11.0. The van der Waals surface area contributed by atoms with Gasteiger partial charge in [-0.15, -0.1) is 0 Å². The molecule has 116 valence electrons. The highest BCUT2D eigenvalue weighted by molar-refractivity contribution is 5.94. The van der Waals surface area contributed by atoms with E-state index in [2.05, 4.69) is 5.32 Å². The summed E-state index contributed by atoms with van der Waals surface area (Å²) in [5.74, 6) is -1.34. The van der Waals surface area contributed by atoms with Crippen molar-refractivity contribution in [3.05, 3.63) is 81.7 Å². The van der Waals surface area contributed by atoms with E-state index in [1.165, 1.54) is 48.5 Å². The molecule has 0 aliphatic heterocycles. The monoisotopic (exact) mass is 315 g/mol. The zero-order chi connectivity index (χ0) is 16.4. The van der Waals surface area contributed by atoms with Gasteiger partial charge >= 0.3 is 5.63 Å². The molecule has 0 aliphatic rings. The third kappa shape index (κ3) is 3.26. The molecule has 0 saturated carbocycles. The molecule has 1 amide bonds. The van der Waals surface area contributed by atoms with Gasteiger partial charge in [-0.25, -0.2) is 13.6 Å². The number of hydrogen-bond acceptors (Lipinski definition) is 3. The predicted molar refractivity (Wildman–Crippen MR) is 80.0 cm³/mol. The Bertz CT molecular complexity index is 933. The van der Waals surface area contributed by atoms with Crippen molar-refractivity contribution in [2.45, 2.75) is 6.54 Å². The van der Waals surface area contributed by atoms with Gasteiger partial charge in [-0.2, -0.15) is 0 Å². The first-order valence-electron chi connectivity index (χ1n) is 6.79. The summed E-state index contributed by atoms with van der Waals surface area (Å²) < 4.78 is 31.2. The van der Waals surface area contributed by atoms with Crippen molar-refractivity contribution in [3.8, 4) is 0 Å². The molecule has 4 nitrogen and oxygen atoms in total. The SMILES string of the molecule is O=C(NCc1cc(=O)oc2ccc(F)cc12)c1ccc(F)cc1. The van der Waals surface area contributed by atoms with E-state index in [0.29, 0.717) is 10.9 Å². The number of amides is 1. The number of carbonyl (C=O) groups is 1. The molecule has 2 aromatic carbocycles. The summed E-state index contributed by atoms with van der Waals surface area (Å²) in [6.07, 6.45) is 0. The molecule has 0 unspecified atom stereocenters. The van der Waals surface area contributed by atoms with E-state index >= 15 is 0 Å². The van der Waals surface area contributed by atoms with Gasteiger partial charge in [-0.3, -0.25) is 4.79 Å². The van der Waals surface area contributed by atoms with Gasteiger partial charge in [0.15, 0.2) is 0 Å². The van der Waals surface area contributed by atoms with Gasteiger partial charge in [0.2, 0.25) is 0 Å². The van der Waals surface area contributed by atoms with Crippen molar-refractivity contribution in [2.75, 3.05) is 0 Å². The lowest BCUT2D eigenvalue weighted by atomic mass is 10.1. The maximum absolute atomic E-state index is 13.4. The second-order valence-corrected chi connectivity index (χ2v) is 4.92. The molecule has 3 rings (SSSR count). The minimum absolute atomic E-state index is 0.0156. The molecular weight excluding hydrogens is 304 g/mol. The van der Waals surface area contributed by atoms with Crippen LogP contribution in [0.1, 0.15) is 15.9 Å². The van der Waals surface area contributed by atoms with Crippen LogP contribution in [0.2, 0.25) is 0 Å². The Morgan fingerprint density at radius 1 is 1.00 bits per heavy atom. The minimum Gasteiger partial charge on any atom is -0.423 e. The van der Waals surface area contributed by atoms with Gasteiger partial charge in [0, 0.05) is 23.6 Å². The molecule has 0 aliphatic carbocycles. The fourth-order valence-electron chi connectivity index (χ4n) is 2.23. The van der Waals surface area contributed by atoms with Gasteiger partial charge in [0.05, 0.1) is 0 Å². The van der Waals surface area contributed by atoms with Crippen LogP contribution in [0.15, 0.2) is 57.7 Å². The number of halogens is 2. The standard InChI is InChI=1S/C17H11F2NO3/c18-12-3-1-10(2-4-12)17(22)20-9-11-7-16(21)23-15-6-5-13(19)8-14(11)15/h1-8H,9H2,(H,20,22). The van der Waals surface area contributed by atoms with Crippen LogP contribution in [0.25, 0.3) is 11.0 Å². The van der Waals surface area contributed by atoms with Crippen LogP contribution in [-0.2, 0) is 6.54 Å². The molecule has 23 heavy (non-hydrogen) atoms. The normalized spacial score (nSPS) is 10.7. The first-order valence-corrected chi connectivity index (χ1v) is 6.79. The Morgan fingerprint density at radius 3 is 2.43 bits per heavy atom. The van der Waals surface area contributed by atoms with Crippen LogP contribution in [0.4, 0.5) is 8.78 Å². The van der Waals surface area contributed by atoms with Crippen molar-refractivity contribution in [1.29, 1.82) is 0 Å². The molecule has 3 aromatic rings. The average molecular weight is 315 g/mol. The predicted octanol–water partition coefficient (Wildman–Crippen LogP) is 3.00. The lowest BCUT2D eigenvalue weighted by Gasteiger charge is -2.08. The van der Waals surface area contributed by atoms with Crippen LogP contribution >= 0.6 is 0 Å². The Labute approximate surface area is 129 Å². The number of rotatable bonds is 3. The van der Waals surface area contributed by atoms with E-state index in [4.69, 9.17) is 4.42 Å². The van der Waals surface area contributed by atoms with Crippen LogP contribution in [-0.4, -0.2) is 5.91 Å². The van der Waals surface area contributed by atoms with E-state index in [1.807, 2.05) is 0 Å². The second-order valence-electron chi connectivity index (χ2n) is 4.92. The molecule has 0 saturated heterocycles. The number of carbonyl (C=O) groups excluding carboxylic acids is 1. The third-order valence-corrected chi connectivity index (χ3v) is 3.34. The molecule has 1 aromatic heterocycles. The Kier molecular flexibility index (Phi) is 3.89. The smallest absolute Gasteiger partial charge is 0.336 e. The quantitative estimate of drug-likeness (QED) is 0.756. The summed E-state index contributed by atoms with van der Waals surface area (Å²) >= 11 is 0. The summed E-state index contributed by atoms with van der Waals surface area (Å²) in [6, 6.07) is 10.0. The topological polar surface area (TPSA) is 59.3 Å². The summed E-state index contributed by atoms with van der Waals surface area (Å²) in [4.78, 5) is 23.5. The van der Waals surface area contributed by atoms with Gasteiger partial charge < -0.3 is 9.73 Å². The van der Waals surface area contributed by atoms with E-state index in [0.717, 1.165) is 0 Å².